The van der Waals surface area contributed by atoms with Gasteiger partial charge >= 0.3 is 0 Å². The molecule has 0 aliphatic carbocycles. The molecule has 0 atom stereocenters. The lowest BCUT2D eigenvalue weighted by molar-refractivity contribution is -0.151. The molecule has 0 saturated carbocycles. The maximum Gasteiger partial charge on any atom is 0.205 e. The van der Waals surface area contributed by atoms with Gasteiger partial charge in [0.1, 0.15) is 11.4 Å². The summed E-state index contributed by atoms with van der Waals surface area (Å²) in [4.78, 5) is 0. The second-order valence-corrected chi connectivity index (χ2v) is 3.75. The Balaban J connectivity index is 2.94. The summed E-state index contributed by atoms with van der Waals surface area (Å²) in [6.45, 7) is 7.41. The lowest BCUT2D eigenvalue weighted by Crippen LogP contribution is -2.26. The van der Waals surface area contributed by atoms with Gasteiger partial charge in [-0.3, -0.25) is 0 Å². The van der Waals surface area contributed by atoms with E-state index in [1.807, 2.05) is 33.8 Å². The molecule has 12 heavy (non-hydrogen) atoms. The van der Waals surface area contributed by atoms with Gasteiger partial charge in [-0.1, -0.05) is 0 Å². The van der Waals surface area contributed by atoms with E-state index in [0.717, 1.165) is 0 Å². The fourth-order valence-corrected chi connectivity index (χ4v) is 1.34. The quantitative estimate of drug-likeness (QED) is 0.518. The Hall–Kier alpha value is -1.01. The summed E-state index contributed by atoms with van der Waals surface area (Å²) >= 11 is 0. The van der Waals surface area contributed by atoms with Crippen LogP contribution in [0.25, 0.3) is 0 Å². The highest BCUT2D eigenvalue weighted by Crippen LogP contribution is 2.38. The van der Waals surface area contributed by atoms with Gasteiger partial charge in [0.15, 0.2) is 0 Å². The van der Waals surface area contributed by atoms with Crippen molar-refractivity contribution in [2.75, 3.05) is 0 Å². The van der Waals surface area contributed by atoms with Crippen molar-refractivity contribution in [1.29, 1.82) is 5.26 Å². The van der Waals surface area contributed by atoms with Gasteiger partial charge in [0.05, 0.1) is 12.1 Å². The van der Waals surface area contributed by atoms with E-state index in [2.05, 4.69) is 0 Å². The van der Waals surface area contributed by atoms with Crippen LogP contribution in [0.4, 0.5) is 0 Å². The summed E-state index contributed by atoms with van der Waals surface area (Å²) in [6.07, 6.45) is 1.38. The summed E-state index contributed by atoms with van der Waals surface area (Å²) < 4.78 is 11.0. The van der Waals surface area contributed by atoms with Gasteiger partial charge in [0, 0.05) is 13.8 Å². The second-order valence-electron chi connectivity index (χ2n) is 3.75. The SMILES string of the molecule is CC1(C)O/C(=C\C#N)C(C)(C)O1. The van der Waals surface area contributed by atoms with E-state index in [1.54, 1.807) is 0 Å². The number of allylic oxidation sites excluding steroid dienone is 1. The fraction of sp³-hybridized carbons (Fsp3) is 0.667. The molecule has 66 valence electrons. The van der Waals surface area contributed by atoms with E-state index < -0.39 is 11.4 Å². The van der Waals surface area contributed by atoms with E-state index in [1.165, 1.54) is 6.08 Å². The van der Waals surface area contributed by atoms with Crippen molar-refractivity contribution >= 4 is 0 Å². The molecule has 3 nitrogen and oxygen atoms in total. The zero-order valence-electron chi connectivity index (χ0n) is 7.84. The maximum absolute atomic E-state index is 8.47. The first-order valence-corrected chi connectivity index (χ1v) is 3.87. The molecule has 0 amide bonds. The lowest BCUT2D eigenvalue weighted by atomic mass is 10.1. The molecule has 3 heteroatoms. The molecule has 0 bridgehead atoms. The summed E-state index contributed by atoms with van der Waals surface area (Å²) in [5, 5.41) is 8.47. The molecule has 1 aliphatic heterocycles. The van der Waals surface area contributed by atoms with Gasteiger partial charge < -0.3 is 9.47 Å². The zero-order chi connectivity index (χ0) is 9.41. The molecule has 1 rings (SSSR count). The van der Waals surface area contributed by atoms with Crippen molar-refractivity contribution in [3.05, 3.63) is 11.8 Å². The molecular formula is C9H13NO2. The van der Waals surface area contributed by atoms with Gasteiger partial charge in [0.2, 0.25) is 5.79 Å². The Morgan fingerprint density at radius 1 is 1.33 bits per heavy atom. The van der Waals surface area contributed by atoms with Crippen LogP contribution >= 0.6 is 0 Å². The molecule has 0 unspecified atom stereocenters. The molecule has 0 N–H and O–H groups in total. The Morgan fingerprint density at radius 2 is 1.92 bits per heavy atom. The number of rotatable bonds is 0. The van der Waals surface area contributed by atoms with Crippen LogP contribution in [0.1, 0.15) is 27.7 Å². The molecule has 0 aromatic heterocycles. The Bertz CT molecular complexity index is 258. The summed E-state index contributed by atoms with van der Waals surface area (Å²) in [5.41, 5.74) is -0.487. The molecule has 0 aromatic rings. The van der Waals surface area contributed by atoms with E-state index in [0.29, 0.717) is 5.76 Å². The van der Waals surface area contributed by atoms with E-state index in [-0.39, 0.29) is 0 Å². The first-order valence-electron chi connectivity index (χ1n) is 3.87. The van der Waals surface area contributed by atoms with Crippen molar-refractivity contribution in [3.8, 4) is 6.07 Å². The zero-order valence-corrected chi connectivity index (χ0v) is 7.84. The van der Waals surface area contributed by atoms with Crippen LogP contribution < -0.4 is 0 Å². The van der Waals surface area contributed by atoms with Crippen LogP contribution in [0, 0.1) is 11.3 Å². The number of ether oxygens (including phenoxy) is 2. The first kappa shape index (κ1) is 9.08. The standard InChI is InChI=1S/C9H13NO2/c1-8(2)7(5-6-10)11-9(3,4)12-8/h5H,1-4H3/b7-5-. The second kappa shape index (κ2) is 2.49. The van der Waals surface area contributed by atoms with Crippen molar-refractivity contribution < 1.29 is 9.47 Å². The van der Waals surface area contributed by atoms with Crippen molar-refractivity contribution in [1.82, 2.24) is 0 Å². The average molecular weight is 167 g/mol. The minimum absolute atomic E-state index is 0.487. The first-order chi connectivity index (χ1) is 5.37. The van der Waals surface area contributed by atoms with Gasteiger partial charge in [0.25, 0.3) is 0 Å². The van der Waals surface area contributed by atoms with Crippen LogP contribution in [0.2, 0.25) is 0 Å². The van der Waals surface area contributed by atoms with Gasteiger partial charge in [-0.15, -0.1) is 0 Å². The fourth-order valence-electron chi connectivity index (χ4n) is 1.34. The van der Waals surface area contributed by atoms with Gasteiger partial charge in [-0.2, -0.15) is 5.26 Å². The third-order valence-corrected chi connectivity index (χ3v) is 1.65. The Morgan fingerprint density at radius 3 is 2.25 bits per heavy atom. The van der Waals surface area contributed by atoms with E-state index >= 15 is 0 Å². The van der Waals surface area contributed by atoms with Crippen LogP contribution in [-0.4, -0.2) is 11.4 Å². The topological polar surface area (TPSA) is 42.2 Å². The smallest absolute Gasteiger partial charge is 0.205 e. The van der Waals surface area contributed by atoms with Crippen LogP contribution in [0.15, 0.2) is 11.8 Å². The molecule has 1 aliphatic rings. The predicted molar refractivity (Wildman–Crippen MR) is 44.0 cm³/mol. The largest absolute Gasteiger partial charge is 0.463 e. The van der Waals surface area contributed by atoms with Crippen molar-refractivity contribution in [2.24, 2.45) is 0 Å². The number of nitriles is 1. The Labute approximate surface area is 72.6 Å². The van der Waals surface area contributed by atoms with Crippen molar-refractivity contribution in [3.63, 3.8) is 0 Å². The minimum atomic E-state index is -0.619. The lowest BCUT2D eigenvalue weighted by Gasteiger charge is -2.18. The van der Waals surface area contributed by atoms with Gasteiger partial charge in [-0.05, 0) is 13.8 Å². The monoisotopic (exact) mass is 167 g/mol. The minimum Gasteiger partial charge on any atom is -0.463 e. The summed E-state index contributed by atoms with van der Waals surface area (Å²) in [7, 11) is 0. The number of hydrogen-bond donors (Lipinski definition) is 0. The highest BCUT2D eigenvalue weighted by atomic mass is 16.8. The number of nitrogens with zero attached hydrogens (tertiary/aromatic N) is 1. The van der Waals surface area contributed by atoms with Crippen LogP contribution in [0.5, 0.6) is 0 Å². The van der Waals surface area contributed by atoms with E-state index in [9.17, 15) is 0 Å². The molecule has 1 saturated heterocycles. The number of hydrogen-bond acceptors (Lipinski definition) is 3. The third-order valence-electron chi connectivity index (χ3n) is 1.65. The molecule has 1 fully saturated rings. The maximum atomic E-state index is 8.47. The molecule has 0 radical (unpaired) electrons. The summed E-state index contributed by atoms with van der Waals surface area (Å²) in [5.74, 6) is -0.0263. The molecule has 0 aromatic carbocycles. The van der Waals surface area contributed by atoms with Crippen LogP contribution in [-0.2, 0) is 9.47 Å². The highest BCUT2D eigenvalue weighted by Gasteiger charge is 2.43. The highest BCUT2D eigenvalue weighted by molar-refractivity contribution is 5.19. The Kier molecular flexibility index (Phi) is 1.89. The average Bonchev–Trinajstić information content (AvgIpc) is 2.01. The molecule has 1 heterocycles. The van der Waals surface area contributed by atoms with Gasteiger partial charge in [-0.25, -0.2) is 0 Å². The third kappa shape index (κ3) is 1.59. The van der Waals surface area contributed by atoms with E-state index in [4.69, 9.17) is 14.7 Å². The van der Waals surface area contributed by atoms with Crippen molar-refractivity contribution in [2.45, 2.75) is 39.1 Å². The normalized spacial score (nSPS) is 28.1. The predicted octanol–water partition coefficient (Wildman–Crippen LogP) is 1.96. The van der Waals surface area contributed by atoms with Crippen LogP contribution in [0.3, 0.4) is 0 Å². The summed E-state index contributed by atoms with van der Waals surface area (Å²) in [6, 6.07) is 1.94. The molecular weight excluding hydrogens is 154 g/mol. The molecule has 0 spiro atoms.